The number of aromatic nitrogens is 2. The zero-order valence-electron chi connectivity index (χ0n) is 15.7. The highest BCUT2D eigenvalue weighted by Crippen LogP contribution is 2.18. The van der Waals surface area contributed by atoms with E-state index in [0.717, 1.165) is 16.7 Å². The van der Waals surface area contributed by atoms with Crippen LogP contribution in [0.4, 0.5) is 0 Å². The van der Waals surface area contributed by atoms with Gasteiger partial charge in [-0.3, -0.25) is 4.79 Å². The fraction of sp³-hybridized carbons (Fsp3) is 0.238. The van der Waals surface area contributed by atoms with Crippen LogP contribution in [0.15, 0.2) is 52.9 Å². The standard InChI is InChI=1S/C21H20N2O5/c1-14-3-7-16(8-4-14)20-23-22-18(28-20)11-12-19(24)27-13-15-5-9-17(10-6-15)21(25)26-2/h3-10H,11-13H2,1-2H3. The summed E-state index contributed by atoms with van der Waals surface area (Å²) in [5.41, 5.74) is 3.20. The maximum atomic E-state index is 11.9. The fourth-order valence-corrected chi connectivity index (χ4v) is 2.47. The van der Waals surface area contributed by atoms with Gasteiger partial charge in [-0.25, -0.2) is 4.79 Å². The Hall–Kier alpha value is -3.48. The molecule has 0 bridgehead atoms. The van der Waals surface area contributed by atoms with Crippen molar-refractivity contribution in [3.05, 3.63) is 71.1 Å². The number of carbonyl (C=O) groups excluding carboxylic acids is 2. The lowest BCUT2D eigenvalue weighted by Crippen LogP contribution is -2.06. The van der Waals surface area contributed by atoms with Gasteiger partial charge in [-0.2, -0.15) is 0 Å². The van der Waals surface area contributed by atoms with E-state index in [1.165, 1.54) is 7.11 Å². The summed E-state index contributed by atoms with van der Waals surface area (Å²) in [5.74, 6) is 0.0317. The summed E-state index contributed by atoms with van der Waals surface area (Å²) in [6.07, 6.45) is 0.439. The number of hydrogen-bond donors (Lipinski definition) is 0. The Morgan fingerprint density at radius 2 is 1.71 bits per heavy atom. The number of carbonyl (C=O) groups is 2. The quantitative estimate of drug-likeness (QED) is 0.579. The van der Waals surface area contributed by atoms with Crippen LogP contribution in [0.3, 0.4) is 0 Å². The molecule has 3 aromatic rings. The Bertz CT molecular complexity index is 946. The molecule has 0 spiro atoms. The molecular formula is C21H20N2O5. The van der Waals surface area contributed by atoms with Crippen molar-refractivity contribution in [1.29, 1.82) is 0 Å². The molecule has 0 aliphatic heterocycles. The molecule has 7 nitrogen and oxygen atoms in total. The van der Waals surface area contributed by atoms with Gasteiger partial charge in [0, 0.05) is 12.0 Å². The molecule has 7 heteroatoms. The first kappa shape index (κ1) is 19.3. The summed E-state index contributed by atoms with van der Waals surface area (Å²) in [4.78, 5) is 23.3. The zero-order valence-corrected chi connectivity index (χ0v) is 15.7. The predicted molar refractivity (Wildman–Crippen MR) is 100 cm³/mol. The molecule has 0 atom stereocenters. The normalized spacial score (nSPS) is 10.5. The topological polar surface area (TPSA) is 91.5 Å². The van der Waals surface area contributed by atoms with Crippen molar-refractivity contribution >= 4 is 11.9 Å². The lowest BCUT2D eigenvalue weighted by atomic mass is 10.1. The van der Waals surface area contributed by atoms with Crippen molar-refractivity contribution in [2.24, 2.45) is 0 Å². The molecule has 144 valence electrons. The van der Waals surface area contributed by atoms with E-state index in [1.54, 1.807) is 24.3 Å². The summed E-state index contributed by atoms with van der Waals surface area (Å²) in [6.45, 7) is 2.13. The van der Waals surface area contributed by atoms with Gasteiger partial charge in [-0.1, -0.05) is 29.8 Å². The number of benzene rings is 2. The van der Waals surface area contributed by atoms with Crippen LogP contribution in [0.5, 0.6) is 0 Å². The van der Waals surface area contributed by atoms with Gasteiger partial charge in [0.1, 0.15) is 6.61 Å². The summed E-state index contributed by atoms with van der Waals surface area (Å²) in [5, 5.41) is 7.98. The van der Waals surface area contributed by atoms with E-state index in [-0.39, 0.29) is 19.0 Å². The van der Waals surface area contributed by atoms with Crippen LogP contribution in [-0.4, -0.2) is 29.2 Å². The average Bonchev–Trinajstić information content (AvgIpc) is 3.20. The lowest BCUT2D eigenvalue weighted by molar-refractivity contribution is -0.145. The van der Waals surface area contributed by atoms with Crippen LogP contribution >= 0.6 is 0 Å². The minimum Gasteiger partial charge on any atom is -0.465 e. The number of aryl methyl sites for hydroxylation is 2. The third kappa shape index (κ3) is 5.03. The number of nitrogens with zero attached hydrogens (tertiary/aromatic N) is 2. The molecular weight excluding hydrogens is 360 g/mol. The van der Waals surface area contributed by atoms with Crippen molar-refractivity contribution in [3.63, 3.8) is 0 Å². The number of ether oxygens (including phenoxy) is 2. The first-order valence-corrected chi connectivity index (χ1v) is 8.77. The Morgan fingerprint density at radius 3 is 2.39 bits per heavy atom. The molecule has 0 N–H and O–H groups in total. The first-order chi connectivity index (χ1) is 13.5. The molecule has 0 aliphatic rings. The van der Waals surface area contributed by atoms with Crippen LogP contribution in [0.1, 0.15) is 33.8 Å². The first-order valence-electron chi connectivity index (χ1n) is 8.77. The van der Waals surface area contributed by atoms with E-state index in [2.05, 4.69) is 14.9 Å². The van der Waals surface area contributed by atoms with E-state index in [1.807, 2.05) is 31.2 Å². The second-order valence-corrected chi connectivity index (χ2v) is 6.22. The summed E-state index contributed by atoms with van der Waals surface area (Å²) >= 11 is 0. The second kappa shape index (κ2) is 8.94. The fourth-order valence-electron chi connectivity index (χ4n) is 2.47. The van der Waals surface area contributed by atoms with Gasteiger partial charge < -0.3 is 13.9 Å². The Morgan fingerprint density at radius 1 is 1.00 bits per heavy atom. The van der Waals surface area contributed by atoms with Crippen molar-refractivity contribution in [2.75, 3.05) is 7.11 Å². The Kier molecular flexibility index (Phi) is 6.16. The Labute approximate surface area is 162 Å². The smallest absolute Gasteiger partial charge is 0.337 e. The molecule has 0 saturated carbocycles. The number of hydrogen-bond acceptors (Lipinski definition) is 7. The van der Waals surface area contributed by atoms with Gasteiger partial charge in [0.2, 0.25) is 11.8 Å². The van der Waals surface area contributed by atoms with Crippen molar-refractivity contribution in [3.8, 4) is 11.5 Å². The van der Waals surface area contributed by atoms with Gasteiger partial charge >= 0.3 is 11.9 Å². The van der Waals surface area contributed by atoms with Crippen molar-refractivity contribution < 1.29 is 23.5 Å². The predicted octanol–water partition coefficient (Wildman–Crippen LogP) is 3.51. The molecule has 0 aliphatic carbocycles. The minimum absolute atomic E-state index is 0.124. The zero-order chi connectivity index (χ0) is 19.9. The highest BCUT2D eigenvalue weighted by atomic mass is 16.5. The Balaban J connectivity index is 1.47. The minimum atomic E-state index is -0.409. The van der Waals surface area contributed by atoms with Crippen LogP contribution in [0.2, 0.25) is 0 Å². The SMILES string of the molecule is COC(=O)c1ccc(COC(=O)CCc2nnc(-c3ccc(C)cc3)o2)cc1. The maximum absolute atomic E-state index is 11.9. The van der Waals surface area contributed by atoms with E-state index in [9.17, 15) is 9.59 Å². The van der Waals surface area contributed by atoms with Gasteiger partial charge in [-0.15, -0.1) is 10.2 Å². The highest BCUT2D eigenvalue weighted by molar-refractivity contribution is 5.89. The second-order valence-electron chi connectivity index (χ2n) is 6.22. The van der Waals surface area contributed by atoms with Crippen LogP contribution < -0.4 is 0 Å². The number of rotatable bonds is 7. The summed E-state index contributed by atoms with van der Waals surface area (Å²) < 4.78 is 15.5. The molecule has 2 aromatic carbocycles. The van der Waals surface area contributed by atoms with Crippen LogP contribution in [0.25, 0.3) is 11.5 Å². The molecule has 1 heterocycles. The molecule has 1 aromatic heterocycles. The number of methoxy groups -OCH3 is 1. The lowest BCUT2D eigenvalue weighted by Gasteiger charge is -2.05. The van der Waals surface area contributed by atoms with Crippen LogP contribution in [-0.2, 0) is 27.3 Å². The van der Waals surface area contributed by atoms with Gasteiger partial charge in [-0.05, 0) is 36.8 Å². The molecule has 28 heavy (non-hydrogen) atoms. The van der Waals surface area contributed by atoms with Gasteiger partial charge in [0.05, 0.1) is 19.1 Å². The summed E-state index contributed by atoms with van der Waals surface area (Å²) in [7, 11) is 1.32. The molecule has 0 amide bonds. The highest BCUT2D eigenvalue weighted by Gasteiger charge is 2.12. The van der Waals surface area contributed by atoms with Gasteiger partial charge in [0.25, 0.3) is 0 Å². The van der Waals surface area contributed by atoms with Crippen LogP contribution in [0, 0.1) is 6.92 Å². The van der Waals surface area contributed by atoms with Gasteiger partial charge in [0.15, 0.2) is 0 Å². The molecule has 0 fully saturated rings. The summed E-state index contributed by atoms with van der Waals surface area (Å²) in [6, 6.07) is 14.4. The van der Waals surface area contributed by atoms with Crippen molar-refractivity contribution in [1.82, 2.24) is 10.2 Å². The maximum Gasteiger partial charge on any atom is 0.337 e. The molecule has 3 rings (SSSR count). The molecule has 0 radical (unpaired) electrons. The molecule has 0 saturated heterocycles. The third-order valence-electron chi connectivity index (χ3n) is 4.08. The molecule has 0 unspecified atom stereocenters. The number of esters is 2. The largest absolute Gasteiger partial charge is 0.465 e. The van der Waals surface area contributed by atoms with E-state index in [0.29, 0.717) is 23.8 Å². The third-order valence-corrected chi connectivity index (χ3v) is 4.08. The average molecular weight is 380 g/mol. The van der Waals surface area contributed by atoms with E-state index >= 15 is 0 Å². The van der Waals surface area contributed by atoms with E-state index < -0.39 is 5.97 Å². The van der Waals surface area contributed by atoms with E-state index in [4.69, 9.17) is 9.15 Å². The van der Waals surface area contributed by atoms with Crippen molar-refractivity contribution in [2.45, 2.75) is 26.4 Å². The monoisotopic (exact) mass is 380 g/mol.